The van der Waals surface area contributed by atoms with Gasteiger partial charge in [0.15, 0.2) is 0 Å². The van der Waals surface area contributed by atoms with Gasteiger partial charge in [-0.2, -0.15) is 5.26 Å². The monoisotopic (exact) mass is 323 g/mol. The van der Waals surface area contributed by atoms with Crippen molar-refractivity contribution in [3.63, 3.8) is 0 Å². The van der Waals surface area contributed by atoms with Crippen LogP contribution >= 0.6 is 0 Å². The number of carboxylic acids is 1. The molecule has 0 aromatic heterocycles. The van der Waals surface area contributed by atoms with E-state index < -0.39 is 5.97 Å². The summed E-state index contributed by atoms with van der Waals surface area (Å²) in [5.74, 6) is -0.320. The van der Waals surface area contributed by atoms with E-state index in [-0.39, 0.29) is 5.56 Å². The molecule has 0 amide bonds. The summed E-state index contributed by atoms with van der Waals surface area (Å²) in [4.78, 5) is 11.5. The normalized spacial score (nSPS) is 10.2. The second-order valence-corrected chi connectivity index (χ2v) is 5.61. The predicted molar refractivity (Wildman–Crippen MR) is 93.2 cm³/mol. The first-order chi connectivity index (χ1) is 11.7. The molecule has 24 heavy (non-hydrogen) atoms. The van der Waals surface area contributed by atoms with Gasteiger partial charge in [-0.25, -0.2) is 4.79 Å². The van der Waals surface area contributed by atoms with Crippen LogP contribution < -0.4 is 4.74 Å². The molecule has 2 rings (SSSR count). The Bertz CT molecular complexity index is 730. The number of carbonyl (C=O) groups is 1. The molecule has 4 nitrogen and oxygen atoms in total. The van der Waals surface area contributed by atoms with Gasteiger partial charge in [0.2, 0.25) is 0 Å². The van der Waals surface area contributed by atoms with E-state index in [1.807, 2.05) is 0 Å². The topological polar surface area (TPSA) is 70.3 Å². The Morgan fingerprint density at radius 3 is 2.50 bits per heavy atom. The van der Waals surface area contributed by atoms with E-state index in [1.165, 1.54) is 12.8 Å². The smallest absolute Gasteiger partial charge is 0.336 e. The zero-order valence-corrected chi connectivity index (χ0v) is 13.8. The van der Waals surface area contributed by atoms with E-state index in [4.69, 9.17) is 10.00 Å². The van der Waals surface area contributed by atoms with Crippen LogP contribution in [0.2, 0.25) is 0 Å². The second kappa shape index (κ2) is 8.73. The fourth-order valence-corrected chi connectivity index (χ4v) is 2.48. The van der Waals surface area contributed by atoms with Gasteiger partial charge >= 0.3 is 5.97 Å². The van der Waals surface area contributed by atoms with E-state index in [2.05, 4.69) is 13.0 Å². The molecule has 0 heterocycles. The van der Waals surface area contributed by atoms with Gasteiger partial charge in [0.1, 0.15) is 5.75 Å². The molecule has 0 fully saturated rings. The number of carboxylic acid groups (broad SMARTS) is 1. The standard InChI is InChI=1S/C20H21NO3/c1-2-3-4-5-12-24-17-10-11-18(20(22)23)19(13-17)16-8-6-15(14-21)7-9-16/h6-11,13H,2-5,12H2,1H3,(H,22,23). The van der Waals surface area contributed by atoms with Crippen LogP contribution in [-0.2, 0) is 0 Å². The molecule has 0 atom stereocenters. The van der Waals surface area contributed by atoms with Crippen LogP contribution in [0.15, 0.2) is 42.5 Å². The fraction of sp³-hybridized carbons (Fsp3) is 0.300. The molecule has 0 aliphatic carbocycles. The maximum atomic E-state index is 11.5. The third-order valence-corrected chi connectivity index (χ3v) is 3.81. The highest BCUT2D eigenvalue weighted by molar-refractivity contribution is 5.96. The van der Waals surface area contributed by atoms with Crippen LogP contribution in [-0.4, -0.2) is 17.7 Å². The molecule has 124 valence electrons. The van der Waals surface area contributed by atoms with Crippen LogP contribution in [0.1, 0.15) is 48.5 Å². The maximum Gasteiger partial charge on any atom is 0.336 e. The zero-order chi connectivity index (χ0) is 17.4. The number of benzene rings is 2. The highest BCUT2D eigenvalue weighted by Crippen LogP contribution is 2.28. The van der Waals surface area contributed by atoms with Crippen LogP contribution in [0.3, 0.4) is 0 Å². The van der Waals surface area contributed by atoms with Crippen LogP contribution in [0, 0.1) is 11.3 Å². The molecule has 0 radical (unpaired) electrons. The summed E-state index contributed by atoms with van der Waals surface area (Å²) in [6, 6.07) is 13.9. The van der Waals surface area contributed by atoms with Gasteiger partial charge in [-0.15, -0.1) is 0 Å². The average molecular weight is 323 g/mol. The first-order valence-corrected chi connectivity index (χ1v) is 8.16. The maximum absolute atomic E-state index is 11.5. The largest absolute Gasteiger partial charge is 0.494 e. The van der Waals surface area contributed by atoms with E-state index in [9.17, 15) is 9.90 Å². The lowest BCUT2D eigenvalue weighted by molar-refractivity contribution is 0.0697. The van der Waals surface area contributed by atoms with Crippen molar-refractivity contribution < 1.29 is 14.6 Å². The van der Waals surface area contributed by atoms with Crippen molar-refractivity contribution in [2.45, 2.75) is 32.6 Å². The Labute approximate surface area is 142 Å². The first-order valence-electron chi connectivity index (χ1n) is 8.16. The summed E-state index contributed by atoms with van der Waals surface area (Å²) in [7, 11) is 0. The van der Waals surface area contributed by atoms with Crippen molar-refractivity contribution in [3.05, 3.63) is 53.6 Å². The van der Waals surface area contributed by atoms with E-state index in [0.717, 1.165) is 18.4 Å². The number of unbranched alkanes of at least 4 members (excludes halogenated alkanes) is 3. The average Bonchev–Trinajstić information content (AvgIpc) is 2.61. The molecule has 0 saturated heterocycles. The lowest BCUT2D eigenvalue weighted by atomic mass is 9.98. The molecule has 0 aliphatic rings. The minimum Gasteiger partial charge on any atom is -0.494 e. The van der Waals surface area contributed by atoms with Crippen LogP contribution in [0.4, 0.5) is 0 Å². The van der Waals surface area contributed by atoms with Gasteiger partial charge in [-0.05, 0) is 47.9 Å². The lowest BCUT2D eigenvalue weighted by Gasteiger charge is -2.11. The van der Waals surface area contributed by atoms with E-state index in [1.54, 1.807) is 42.5 Å². The quantitative estimate of drug-likeness (QED) is 0.703. The summed E-state index contributed by atoms with van der Waals surface area (Å²) in [6.45, 7) is 2.79. The predicted octanol–water partition coefficient (Wildman–Crippen LogP) is 4.88. The number of nitriles is 1. The molecule has 0 unspecified atom stereocenters. The number of aromatic carboxylic acids is 1. The minimum absolute atomic E-state index is 0.220. The second-order valence-electron chi connectivity index (χ2n) is 5.61. The van der Waals surface area contributed by atoms with Crippen molar-refractivity contribution in [1.82, 2.24) is 0 Å². The third kappa shape index (κ3) is 4.60. The van der Waals surface area contributed by atoms with Gasteiger partial charge in [0, 0.05) is 0 Å². The molecule has 0 saturated carbocycles. The van der Waals surface area contributed by atoms with Crippen molar-refractivity contribution in [2.24, 2.45) is 0 Å². The molecular weight excluding hydrogens is 302 g/mol. The van der Waals surface area contributed by atoms with Gasteiger partial charge in [-0.1, -0.05) is 38.3 Å². The highest BCUT2D eigenvalue weighted by atomic mass is 16.5. The molecule has 1 N–H and O–H groups in total. The Balaban J connectivity index is 2.21. The van der Waals surface area contributed by atoms with Gasteiger partial charge in [0.25, 0.3) is 0 Å². The van der Waals surface area contributed by atoms with Crippen molar-refractivity contribution in [3.8, 4) is 22.9 Å². The fourth-order valence-electron chi connectivity index (χ4n) is 2.48. The Kier molecular flexibility index (Phi) is 6.39. The number of hydrogen-bond donors (Lipinski definition) is 1. The van der Waals surface area contributed by atoms with E-state index in [0.29, 0.717) is 23.5 Å². The summed E-state index contributed by atoms with van der Waals surface area (Å²) >= 11 is 0. The number of rotatable bonds is 8. The first kappa shape index (κ1) is 17.6. The van der Waals surface area contributed by atoms with Gasteiger partial charge in [0.05, 0.1) is 23.8 Å². The Morgan fingerprint density at radius 2 is 1.88 bits per heavy atom. The Morgan fingerprint density at radius 1 is 1.12 bits per heavy atom. The summed E-state index contributed by atoms with van der Waals surface area (Å²) < 4.78 is 5.75. The molecule has 2 aromatic rings. The third-order valence-electron chi connectivity index (χ3n) is 3.81. The summed E-state index contributed by atoms with van der Waals surface area (Å²) in [5.41, 5.74) is 2.11. The van der Waals surface area contributed by atoms with E-state index >= 15 is 0 Å². The van der Waals surface area contributed by atoms with Crippen molar-refractivity contribution >= 4 is 5.97 Å². The van der Waals surface area contributed by atoms with Crippen molar-refractivity contribution in [2.75, 3.05) is 6.61 Å². The SMILES string of the molecule is CCCCCCOc1ccc(C(=O)O)c(-c2ccc(C#N)cc2)c1. The number of ether oxygens (including phenoxy) is 1. The molecule has 4 heteroatoms. The van der Waals surface area contributed by atoms with Gasteiger partial charge in [-0.3, -0.25) is 0 Å². The Hall–Kier alpha value is -2.80. The molecule has 0 bridgehead atoms. The van der Waals surface area contributed by atoms with Gasteiger partial charge < -0.3 is 9.84 Å². The lowest BCUT2D eigenvalue weighted by Crippen LogP contribution is -2.02. The molecule has 2 aromatic carbocycles. The van der Waals surface area contributed by atoms with Crippen LogP contribution in [0.25, 0.3) is 11.1 Å². The number of hydrogen-bond acceptors (Lipinski definition) is 3. The molecular formula is C20H21NO3. The summed E-state index contributed by atoms with van der Waals surface area (Å²) in [5, 5.41) is 18.3. The zero-order valence-electron chi connectivity index (χ0n) is 13.8. The number of nitrogens with zero attached hydrogens (tertiary/aromatic N) is 1. The van der Waals surface area contributed by atoms with Crippen LogP contribution in [0.5, 0.6) is 5.75 Å². The minimum atomic E-state index is -0.983. The highest BCUT2D eigenvalue weighted by Gasteiger charge is 2.13. The summed E-state index contributed by atoms with van der Waals surface area (Å²) in [6.07, 6.45) is 4.49. The van der Waals surface area contributed by atoms with Crippen molar-refractivity contribution in [1.29, 1.82) is 5.26 Å². The molecule has 0 aliphatic heterocycles. The molecule has 0 spiro atoms.